The largest absolute Gasteiger partial charge is 0.507 e. The lowest BCUT2D eigenvalue weighted by atomic mass is 9.83. The zero-order valence-electron chi connectivity index (χ0n) is 11.4. The van der Waals surface area contributed by atoms with Crippen LogP contribution in [0.3, 0.4) is 0 Å². The molecule has 1 atom stereocenters. The third kappa shape index (κ3) is 2.21. The highest BCUT2D eigenvalue weighted by molar-refractivity contribution is 8.00. The number of carbonyl (C=O) groups excluding carboxylic acids is 2. The summed E-state index contributed by atoms with van der Waals surface area (Å²) in [6.07, 6.45) is 0. The Morgan fingerprint density at radius 3 is 2.18 bits per heavy atom. The number of aliphatic hydroxyl groups excluding tert-OH is 1. The highest BCUT2D eigenvalue weighted by atomic mass is 32.2. The second-order valence-electron chi connectivity index (χ2n) is 4.88. The van der Waals surface area contributed by atoms with Gasteiger partial charge in [0.15, 0.2) is 11.6 Å². The van der Waals surface area contributed by atoms with Crippen LogP contribution in [0.15, 0.2) is 41.3 Å². The summed E-state index contributed by atoms with van der Waals surface area (Å²) in [7, 11) is 0. The van der Waals surface area contributed by atoms with Gasteiger partial charge in [-0.1, -0.05) is 24.3 Å². The molecule has 4 N–H and O–H groups in total. The van der Waals surface area contributed by atoms with Crippen molar-refractivity contribution in [3.63, 3.8) is 0 Å². The summed E-state index contributed by atoms with van der Waals surface area (Å²) in [6, 6.07) is 9.41. The Kier molecular flexibility index (Phi) is 3.74. The van der Waals surface area contributed by atoms with Crippen LogP contribution in [0.25, 0.3) is 0 Å². The molecule has 0 saturated carbocycles. The Hall–Kier alpha value is -2.15. The van der Waals surface area contributed by atoms with Crippen LogP contribution in [-0.4, -0.2) is 33.8 Å². The lowest BCUT2D eigenvalue weighted by molar-refractivity contribution is 0.0974. The minimum Gasteiger partial charge on any atom is -0.507 e. The van der Waals surface area contributed by atoms with Gasteiger partial charge in [-0.05, 0) is 12.1 Å². The minimum absolute atomic E-state index is 0.00107. The van der Waals surface area contributed by atoms with Crippen LogP contribution in [0.2, 0.25) is 0 Å². The molecule has 2 aromatic carbocycles. The fourth-order valence-electron chi connectivity index (χ4n) is 2.47. The van der Waals surface area contributed by atoms with Crippen LogP contribution in [0.5, 0.6) is 5.75 Å². The minimum atomic E-state index is -0.617. The maximum absolute atomic E-state index is 12.7. The third-order valence-electron chi connectivity index (χ3n) is 3.47. The van der Waals surface area contributed by atoms with E-state index in [-0.39, 0.29) is 40.6 Å². The molecule has 0 bridgehead atoms. The molecular weight excluding hydrogens is 302 g/mol. The Labute approximate surface area is 130 Å². The van der Waals surface area contributed by atoms with Crippen molar-refractivity contribution in [2.24, 2.45) is 5.73 Å². The van der Waals surface area contributed by atoms with Gasteiger partial charge in [-0.15, -0.1) is 11.8 Å². The molecule has 6 heteroatoms. The lowest BCUT2D eigenvalue weighted by Crippen LogP contribution is -2.24. The Balaban J connectivity index is 2.23. The number of hydrogen-bond acceptors (Lipinski definition) is 6. The van der Waals surface area contributed by atoms with Crippen LogP contribution >= 0.6 is 11.8 Å². The molecule has 22 heavy (non-hydrogen) atoms. The van der Waals surface area contributed by atoms with Crippen molar-refractivity contribution in [1.29, 1.82) is 0 Å². The molecule has 0 heterocycles. The monoisotopic (exact) mass is 315 g/mol. The first-order chi connectivity index (χ1) is 10.5. The number of fused-ring (bicyclic) bond motifs is 2. The first-order valence-electron chi connectivity index (χ1n) is 6.62. The molecule has 0 amide bonds. The van der Waals surface area contributed by atoms with Crippen LogP contribution in [-0.2, 0) is 0 Å². The van der Waals surface area contributed by atoms with E-state index in [0.717, 1.165) is 11.8 Å². The highest BCUT2D eigenvalue weighted by Gasteiger charge is 2.34. The maximum atomic E-state index is 12.7. The van der Waals surface area contributed by atoms with Gasteiger partial charge in [-0.25, -0.2) is 0 Å². The lowest BCUT2D eigenvalue weighted by Gasteiger charge is -2.21. The van der Waals surface area contributed by atoms with E-state index in [1.165, 1.54) is 12.1 Å². The number of carbonyl (C=O) groups is 2. The fraction of sp³-hybridized carbons (Fsp3) is 0.125. The molecule has 112 valence electrons. The topological polar surface area (TPSA) is 101 Å². The first-order valence-corrected chi connectivity index (χ1v) is 7.50. The quantitative estimate of drug-likeness (QED) is 0.501. The van der Waals surface area contributed by atoms with Gasteiger partial charge in [-0.2, -0.15) is 0 Å². The van der Waals surface area contributed by atoms with Crippen LogP contribution in [0.1, 0.15) is 31.8 Å². The van der Waals surface area contributed by atoms with Gasteiger partial charge in [0.25, 0.3) is 0 Å². The van der Waals surface area contributed by atoms with Gasteiger partial charge in [0, 0.05) is 16.0 Å². The number of phenols is 1. The van der Waals surface area contributed by atoms with E-state index in [9.17, 15) is 14.7 Å². The smallest absolute Gasteiger partial charge is 0.198 e. The van der Waals surface area contributed by atoms with E-state index in [2.05, 4.69) is 0 Å². The van der Waals surface area contributed by atoms with E-state index in [1.807, 2.05) is 0 Å². The summed E-state index contributed by atoms with van der Waals surface area (Å²) in [5.74, 6) is -0.943. The van der Waals surface area contributed by atoms with E-state index in [0.29, 0.717) is 10.5 Å². The molecule has 3 rings (SSSR count). The summed E-state index contributed by atoms with van der Waals surface area (Å²) in [6.45, 7) is -0.265. The van der Waals surface area contributed by atoms with Crippen molar-refractivity contribution < 1.29 is 19.8 Å². The fourth-order valence-corrected chi connectivity index (χ4v) is 3.33. The second-order valence-corrected chi connectivity index (χ2v) is 6.16. The van der Waals surface area contributed by atoms with Gasteiger partial charge >= 0.3 is 0 Å². The van der Waals surface area contributed by atoms with Gasteiger partial charge in [0.1, 0.15) is 5.75 Å². The number of thioether (sulfide) groups is 1. The van der Waals surface area contributed by atoms with Crippen molar-refractivity contribution in [2.75, 3.05) is 6.61 Å². The van der Waals surface area contributed by atoms with E-state index in [4.69, 9.17) is 10.8 Å². The van der Waals surface area contributed by atoms with Crippen LogP contribution in [0.4, 0.5) is 0 Å². The summed E-state index contributed by atoms with van der Waals surface area (Å²) in [5.41, 5.74) is 6.45. The SMILES string of the molecule is NC(CO)Sc1ccc(O)c2c1C(=O)c1ccccc1C2=O. The molecule has 2 aromatic rings. The average Bonchev–Trinajstić information content (AvgIpc) is 2.54. The summed E-state index contributed by atoms with van der Waals surface area (Å²) in [4.78, 5) is 25.8. The molecule has 0 spiro atoms. The number of nitrogens with two attached hydrogens (primary N) is 1. The average molecular weight is 315 g/mol. The summed E-state index contributed by atoms with van der Waals surface area (Å²) in [5, 5.41) is 18.5. The second kappa shape index (κ2) is 5.57. The molecule has 0 fully saturated rings. The van der Waals surface area contributed by atoms with E-state index < -0.39 is 5.37 Å². The zero-order valence-corrected chi connectivity index (χ0v) is 12.3. The van der Waals surface area contributed by atoms with Crippen molar-refractivity contribution in [1.82, 2.24) is 0 Å². The summed E-state index contributed by atoms with van der Waals surface area (Å²) >= 11 is 1.09. The van der Waals surface area contributed by atoms with Gasteiger partial charge in [0.2, 0.25) is 0 Å². The predicted octanol–water partition coefficient (Wildman–Crippen LogP) is 1.54. The number of phenolic OH excluding ortho intramolecular Hbond substituents is 1. The van der Waals surface area contributed by atoms with Crippen molar-refractivity contribution in [3.8, 4) is 5.75 Å². The van der Waals surface area contributed by atoms with Crippen LogP contribution in [0, 0.1) is 0 Å². The van der Waals surface area contributed by atoms with E-state index in [1.54, 1.807) is 24.3 Å². The molecule has 0 radical (unpaired) electrons. The van der Waals surface area contributed by atoms with Gasteiger partial charge in [-0.3, -0.25) is 9.59 Å². The van der Waals surface area contributed by atoms with Gasteiger partial charge < -0.3 is 15.9 Å². The number of ketones is 2. The highest BCUT2D eigenvalue weighted by Crippen LogP contribution is 2.38. The Morgan fingerprint density at radius 2 is 1.59 bits per heavy atom. The molecule has 5 nitrogen and oxygen atoms in total. The van der Waals surface area contributed by atoms with Crippen molar-refractivity contribution in [2.45, 2.75) is 10.3 Å². The zero-order chi connectivity index (χ0) is 15.9. The Morgan fingerprint density at radius 1 is 1.00 bits per heavy atom. The standard InChI is InChI=1S/C16H13NO4S/c17-12(7-18)22-11-6-5-10(19)13-14(11)16(21)9-4-2-1-3-8(9)15(13)20/h1-6,12,18-19H,7,17H2. The molecule has 1 unspecified atom stereocenters. The molecule has 0 saturated heterocycles. The normalized spacial score (nSPS) is 14.5. The van der Waals surface area contributed by atoms with E-state index >= 15 is 0 Å². The van der Waals surface area contributed by atoms with Gasteiger partial charge in [0.05, 0.1) is 23.1 Å². The summed E-state index contributed by atoms with van der Waals surface area (Å²) < 4.78 is 0. The molecule has 1 aliphatic carbocycles. The first kappa shape index (κ1) is 14.8. The van der Waals surface area contributed by atoms with Crippen molar-refractivity contribution >= 4 is 23.3 Å². The molecular formula is C16H13NO4S. The number of aromatic hydroxyl groups is 1. The third-order valence-corrected chi connectivity index (χ3v) is 4.52. The Bertz CT molecular complexity index is 788. The number of benzene rings is 2. The number of aliphatic hydroxyl groups is 1. The van der Waals surface area contributed by atoms with Crippen molar-refractivity contribution in [3.05, 3.63) is 58.7 Å². The number of rotatable bonds is 3. The molecule has 0 aromatic heterocycles. The predicted molar refractivity (Wildman–Crippen MR) is 82.3 cm³/mol. The number of hydrogen-bond donors (Lipinski definition) is 3. The molecule has 0 aliphatic heterocycles. The maximum Gasteiger partial charge on any atom is 0.198 e. The van der Waals surface area contributed by atoms with Crippen LogP contribution < -0.4 is 5.73 Å². The molecule has 1 aliphatic rings.